The van der Waals surface area contributed by atoms with Gasteiger partial charge in [0.05, 0.1) is 5.56 Å². The summed E-state index contributed by atoms with van der Waals surface area (Å²) < 4.78 is 6.95. The molecule has 0 amide bonds. The van der Waals surface area contributed by atoms with Crippen LogP contribution in [0.2, 0.25) is 0 Å². The van der Waals surface area contributed by atoms with Gasteiger partial charge < -0.3 is 4.42 Å². The van der Waals surface area contributed by atoms with Crippen LogP contribution in [0.15, 0.2) is 174 Å². The molecule has 240 valence electrons. The second kappa shape index (κ2) is 12.0. The molecule has 9 aromatic rings. The first-order valence-electron chi connectivity index (χ1n) is 17.4. The van der Waals surface area contributed by atoms with E-state index >= 15 is 0 Å². The molecule has 1 atom stereocenters. The molecule has 10 rings (SSSR count). The van der Waals surface area contributed by atoms with E-state index in [9.17, 15) is 0 Å². The molecule has 2 heterocycles. The second-order valence-corrected chi connectivity index (χ2v) is 13.1. The van der Waals surface area contributed by atoms with Gasteiger partial charge in [-0.2, -0.15) is 0 Å². The summed E-state index contributed by atoms with van der Waals surface area (Å²) in [4.78, 5) is 15.3. The molecular formula is C47H31N3O. The van der Waals surface area contributed by atoms with Crippen molar-refractivity contribution in [1.82, 2.24) is 15.0 Å². The summed E-state index contributed by atoms with van der Waals surface area (Å²) in [6.07, 6.45) is 9.32. The number of para-hydroxylation sites is 2. The monoisotopic (exact) mass is 653 g/mol. The number of hydrogen-bond acceptors (Lipinski definition) is 4. The van der Waals surface area contributed by atoms with E-state index in [4.69, 9.17) is 19.4 Å². The zero-order chi connectivity index (χ0) is 33.7. The Kier molecular flexibility index (Phi) is 6.91. The lowest BCUT2D eigenvalue weighted by Crippen LogP contribution is -2.07. The molecule has 4 heteroatoms. The lowest BCUT2D eigenvalue weighted by atomic mass is 9.92. The molecule has 1 aliphatic rings. The predicted molar refractivity (Wildman–Crippen MR) is 209 cm³/mol. The molecule has 4 nitrogen and oxygen atoms in total. The average Bonchev–Trinajstić information content (AvgIpc) is 3.60. The summed E-state index contributed by atoms with van der Waals surface area (Å²) in [7, 11) is 0. The van der Waals surface area contributed by atoms with Gasteiger partial charge in [0.2, 0.25) is 0 Å². The lowest BCUT2D eigenvalue weighted by Gasteiger charge is -2.14. The molecule has 2 aromatic heterocycles. The lowest BCUT2D eigenvalue weighted by molar-refractivity contribution is 0.670. The zero-order valence-corrected chi connectivity index (χ0v) is 27.7. The summed E-state index contributed by atoms with van der Waals surface area (Å²) in [6.45, 7) is 0. The normalized spacial score (nSPS) is 14.2. The largest absolute Gasteiger partial charge is 0.455 e. The van der Waals surface area contributed by atoms with Gasteiger partial charge in [0.1, 0.15) is 17.0 Å². The van der Waals surface area contributed by atoms with Crippen LogP contribution < -0.4 is 0 Å². The van der Waals surface area contributed by atoms with E-state index < -0.39 is 0 Å². The first kappa shape index (κ1) is 29.3. The van der Waals surface area contributed by atoms with Gasteiger partial charge in [0, 0.05) is 27.8 Å². The minimum atomic E-state index is 0.0572. The van der Waals surface area contributed by atoms with Gasteiger partial charge in [0.25, 0.3) is 0 Å². The standard InChI is InChI=1S/C47H31N3O/c1-3-13-30(14-4-1)31-25-27-33(28-26-31)46-48-45(32-15-5-2-6-16-32)49-47(50-46)41-24-12-22-39-38-21-11-23-40(43(38)51-44(39)41)42-29-34-17-7-8-18-35(34)36-19-9-10-20-37(36)42/h1-15,17-29,32H,16H2. The van der Waals surface area contributed by atoms with Crippen LogP contribution in [0.3, 0.4) is 0 Å². The predicted octanol–water partition coefficient (Wildman–Crippen LogP) is 12.3. The van der Waals surface area contributed by atoms with Crippen molar-refractivity contribution in [2.45, 2.75) is 12.3 Å². The Hall–Kier alpha value is -6.65. The van der Waals surface area contributed by atoms with Crippen molar-refractivity contribution in [2.24, 2.45) is 0 Å². The van der Waals surface area contributed by atoms with Crippen molar-refractivity contribution in [2.75, 3.05) is 0 Å². The molecule has 0 fully saturated rings. The Labute approximate surface area is 295 Å². The highest BCUT2D eigenvalue weighted by atomic mass is 16.3. The van der Waals surface area contributed by atoms with E-state index in [0.717, 1.165) is 62.0 Å². The van der Waals surface area contributed by atoms with E-state index in [1.54, 1.807) is 0 Å². The second-order valence-electron chi connectivity index (χ2n) is 13.1. The summed E-state index contributed by atoms with van der Waals surface area (Å²) >= 11 is 0. The van der Waals surface area contributed by atoms with E-state index in [1.165, 1.54) is 27.1 Å². The summed E-state index contributed by atoms with van der Waals surface area (Å²) in [5.41, 5.74) is 7.95. The fourth-order valence-electron chi connectivity index (χ4n) is 7.51. The third-order valence-corrected chi connectivity index (χ3v) is 10.0. The van der Waals surface area contributed by atoms with Gasteiger partial charge in [-0.3, -0.25) is 0 Å². The van der Waals surface area contributed by atoms with Gasteiger partial charge in [-0.25, -0.2) is 15.0 Å². The van der Waals surface area contributed by atoms with Crippen LogP contribution in [0, 0.1) is 0 Å². The first-order valence-corrected chi connectivity index (χ1v) is 17.4. The molecule has 1 aliphatic carbocycles. The molecule has 0 bridgehead atoms. The highest BCUT2D eigenvalue weighted by molar-refractivity contribution is 6.18. The molecule has 0 saturated heterocycles. The fourth-order valence-corrected chi connectivity index (χ4v) is 7.51. The average molecular weight is 654 g/mol. The van der Waals surface area contributed by atoms with Crippen molar-refractivity contribution in [3.63, 3.8) is 0 Å². The topological polar surface area (TPSA) is 51.8 Å². The smallest absolute Gasteiger partial charge is 0.167 e. The number of aromatic nitrogens is 3. The number of fused-ring (bicyclic) bond motifs is 6. The number of furan rings is 1. The maximum Gasteiger partial charge on any atom is 0.167 e. The van der Waals surface area contributed by atoms with Crippen molar-refractivity contribution in [3.8, 4) is 45.0 Å². The molecule has 0 N–H and O–H groups in total. The summed E-state index contributed by atoms with van der Waals surface area (Å²) in [6, 6.07) is 51.1. The highest BCUT2D eigenvalue weighted by Gasteiger charge is 2.22. The zero-order valence-electron chi connectivity index (χ0n) is 27.7. The molecule has 0 radical (unpaired) electrons. The molecule has 0 spiro atoms. The van der Waals surface area contributed by atoms with E-state index in [1.807, 2.05) is 6.07 Å². The number of hydrogen-bond donors (Lipinski definition) is 0. The maximum absolute atomic E-state index is 6.95. The van der Waals surface area contributed by atoms with Crippen LogP contribution in [-0.2, 0) is 0 Å². The fraction of sp³-hybridized carbons (Fsp3) is 0.0426. The Morgan fingerprint density at radius 3 is 1.86 bits per heavy atom. The van der Waals surface area contributed by atoms with Crippen LogP contribution in [0.25, 0.3) is 88.5 Å². The molecule has 0 saturated carbocycles. The van der Waals surface area contributed by atoms with Crippen molar-refractivity contribution in [1.29, 1.82) is 0 Å². The van der Waals surface area contributed by atoms with Gasteiger partial charge in [0.15, 0.2) is 11.6 Å². The van der Waals surface area contributed by atoms with Crippen LogP contribution in [-0.4, -0.2) is 15.0 Å². The Morgan fingerprint density at radius 1 is 0.451 bits per heavy atom. The van der Waals surface area contributed by atoms with Gasteiger partial charge in [-0.1, -0.05) is 158 Å². The van der Waals surface area contributed by atoms with Crippen molar-refractivity contribution in [3.05, 3.63) is 176 Å². The van der Waals surface area contributed by atoms with Gasteiger partial charge >= 0.3 is 0 Å². The molecule has 0 aliphatic heterocycles. The third kappa shape index (κ3) is 5.03. The Morgan fingerprint density at radius 2 is 1.08 bits per heavy atom. The van der Waals surface area contributed by atoms with Crippen LogP contribution in [0.1, 0.15) is 18.2 Å². The SMILES string of the molecule is C1=CCC(c2nc(-c3ccc(-c4ccccc4)cc3)nc(-c3cccc4c3oc3c(-c5cc6ccccc6c6ccccc56)cccc34)n2)C=C1. The Balaban J connectivity index is 1.16. The number of allylic oxidation sites excluding steroid dienone is 4. The van der Waals surface area contributed by atoms with Crippen molar-refractivity contribution >= 4 is 43.5 Å². The number of rotatable bonds is 5. The minimum Gasteiger partial charge on any atom is -0.455 e. The molecular weight excluding hydrogens is 623 g/mol. The molecule has 51 heavy (non-hydrogen) atoms. The summed E-state index contributed by atoms with van der Waals surface area (Å²) in [5, 5.41) is 6.97. The first-order chi connectivity index (χ1) is 25.3. The summed E-state index contributed by atoms with van der Waals surface area (Å²) in [5.74, 6) is 2.06. The third-order valence-electron chi connectivity index (χ3n) is 10.0. The quantitative estimate of drug-likeness (QED) is 0.173. The minimum absolute atomic E-state index is 0.0572. The van der Waals surface area contributed by atoms with E-state index in [0.29, 0.717) is 11.6 Å². The van der Waals surface area contributed by atoms with Crippen molar-refractivity contribution < 1.29 is 4.42 Å². The maximum atomic E-state index is 6.95. The van der Waals surface area contributed by atoms with E-state index in [2.05, 4.69) is 164 Å². The molecule has 1 unspecified atom stereocenters. The van der Waals surface area contributed by atoms with Crippen LogP contribution in [0.4, 0.5) is 0 Å². The van der Waals surface area contributed by atoms with E-state index in [-0.39, 0.29) is 5.92 Å². The van der Waals surface area contributed by atoms with Gasteiger partial charge in [-0.05, 0) is 56.8 Å². The highest BCUT2D eigenvalue weighted by Crippen LogP contribution is 2.43. The van der Waals surface area contributed by atoms with Crippen LogP contribution in [0.5, 0.6) is 0 Å². The Bertz CT molecular complexity index is 2830. The molecule has 7 aromatic carbocycles. The van der Waals surface area contributed by atoms with Crippen LogP contribution >= 0.6 is 0 Å². The number of benzene rings is 7. The van der Waals surface area contributed by atoms with Gasteiger partial charge in [-0.15, -0.1) is 0 Å². The number of nitrogens with zero attached hydrogens (tertiary/aromatic N) is 3.